The smallest absolute Gasteiger partial charge is 0.139 e. The van der Waals surface area contributed by atoms with E-state index in [4.69, 9.17) is 4.74 Å². The summed E-state index contributed by atoms with van der Waals surface area (Å²) in [4.78, 5) is 15.2. The number of H-pyrrole nitrogens is 2. The molecule has 3 rings (SSSR count). The van der Waals surface area contributed by atoms with E-state index in [0.29, 0.717) is 6.61 Å². The van der Waals surface area contributed by atoms with Crippen LogP contribution in [0.3, 0.4) is 0 Å². The second-order valence-corrected chi connectivity index (χ2v) is 5.34. The van der Waals surface area contributed by atoms with Crippen LogP contribution in [0.5, 0.6) is 0 Å². The van der Waals surface area contributed by atoms with Gasteiger partial charge in [-0.1, -0.05) is 0 Å². The molecule has 2 N–H and O–H groups in total. The van der Waals surface area contributed by atoms with E-state index < -0.39 is 0 Å². The van der Waals surface area contributed by atoms with E-state index in [1.54, 1.807) is 6.20 Å². The monoisotopic (exact) mass is 244 g/mol. The molecule has 5 nitrogen and oxygen atoms in total. The average Bonchev–Trinajstić information content (AvgIpc) is 2.90. The zero-order valence-electron chi connectivity index (χ0n) is 10.7. The summed E-state index contributed by atoms with van der Waals surface area (Å²) in [7, 11) is 0. The van der Waals surface area contributed by atoms with Gasteiger partial charge < -0.3 is 14.7 Å². The molecule has 18 heavy (non-hydrogen) atoms. The third kappa shape index (κ3) is 1.97. The Bertz CT molecular complexity index is 690. The molecule has 5 heteroatoms. The van der Waals surface area contributed by atoms with Crippen molar-refractivity contribution < 1.29 is 4.74 Å². The van der Waals surface area contributed by atoms with E-state index >= 15 is 0 Å². The molecule has 3 heterocycles. The highest BCUT2D eigenvalue weighted by atomic mass is 16.5. The Kier molecular flexibility index (Phi) is 2.38. The normalized spacial score (nSPS) is 12.6. The Morgan fingerprint density at radius 1 is 1.33 bits per heavy atom. The first kappa shape index (κ1) is 11.2. The summed E-state index contributed by atoms with van der Waals surface area (Å²) < 4.78 is 5.72. The van der Waals surface area contributed by atoms with Crippen LogP contribution in [0.1, 0.15) is 26.6 Å². The van der Waals surface area contributed by atoms with Gasteiger partial charge in [0.2, 0.25) is 0 Å². The predicted octanol–water partition coefficient (Wildman–Crippen LogP) is 2.75. The van der Waals surface area contributed by atoms with Gasteiger partial charge in [-0.15, -0.1) is 0 Å². The van der Waals surface area contributed by atoms with E-state index in [0.717, 1.165) is 27.9 Å². The van der Waals surface area contributed by atoms with Crippen LogP contribution in [0.15, 0.2) is 18.5 Å². The molecule has 0 atom stereocenters. The van der Waals surface area contributed by atoms with E-state index in [-0.39, 0.29) is 5.60 Å². The van der Waals surface area contributed by atoms with Crippen molar-refractivity contribution >= 4 is 22.1 Å². The molecule has 0 aliphatic carbocycles. The van der Waals surface area contributed by atoms with Gasteiger partial charge >= 0.3 is 0 Å². The van der Waals surface area contributed by atoms with Gasteiger partial charge in [0.05, 0.1) is 17.3 Å². The second-order valence-electron chi connectivity index (χ2n) is 5.34. The van der Waals surface area contributed by atoms with Gasteiger partial charge in [-0.3, -0.25) is 0 Å². The van der Waals surface area contributed by atoms with E-state index in [9.17, 15) is 0 Å². The van der Waals surface area contributed by atoms with Gasteiger partial charge in [0.25, 0.3) is 0 Å². The SMILES string of the molecule is CC(C)(C)OCc1nc2cnc3[nH]ccc3c2[nH]1. The van der Waals surface area contributed by atoms with Crippen molar-refractivity contribution in [3.63, 3.8) is 0 Å². The molecule has 0 unspecified atom stereocenters. The molecule has 0 radical (unpaired) electrons. The number of fused-ring (bicyclic) bond motifs is 3. The molecule has 0 aliphatic rings. The molecule has 0 aromatic carbocycles. The maximum atomic E-state index is 5.72. The number of hydrogen-bond acceptors (Lipinski definition) is 3. The highest BCUT2D eigenvalue weighted by Crippen LogP contribution is 2.21. The summed E-state index contributed by atoms with van der Waals surface area (Å²) in [6.07, 6.45) is 3.65. The van der Waals surface area contributed by atoms with Crippen LogP contribution in [-0.2, 0) is 11.3 Å². The van der Waals surface area contributed by atoms with Crippen molar-refractivity contribution in [1.82, 2.24) is 19.9 Å². The maximum Gasteiger partial charge on any atom is 0.139 e. The summed E-state index contributed by atoms with van der Waals surface area (Å²) in [5.41, 5.74) is 2.58. The number of aromatic amines is 2. The largest absolute Gasteiger partial charge is 0.368 e. The van der Waals surface area contributed by atoms with Crippen molar-refractivity contribution in [2.45, 2.75) is 33.0 Å². The fourth-order valence-electron chi connectivity index (χ4n) is 1.88. The summed E-state index contributed by atoms with van der Waals surface area (Å²) >= 11 is 0. The third-order valence-corrected chi connectivity index (χ3v) is 2.73. The Morgan fingerprint density at radius 3 is 2.94 bits per heavy atom. The zero-order chi connectivity index (χ0) is 12.8. The lowest BCUT2D eigenvalue weighted by atomic mass is 10.2. The highest BCUT2D eigenvalue weighted by molar-refractivity contribution is 6.00. The fraction of sp³-hybridized carbons (Fsp3) is 0.385. The van der Waals surface area contributed by atoms with Crippen LogP contribution >= 0.6 is 0 Å². The molecule has 94 valence electrons. The summed E-state index contributed by atoms with van der Waals surface area (Å²) in [6.45, 7) is 6.56. The molecular weight excluding hydrogens is 228 g/mol. The molecule has 0 saturated carbocycles. The van der Waals surface area contributed by atoms with Crippen LogP contribution in [0.4, 0.5) is 0 Å². The van der Waals surface area contributed by atoms with Gasteiger partial charge in [-0.05, 0) is 26.8 Å². The van der Waals surface area contributed by atoms with Crippen LogP contribution in [0.2, 0.25) is 0 Å². The van der Waals surface area contributed by atoms with Crippen LogP contribution in [-0.4, -0.2) is 25.5 Å². The van der Waals surface area contributed by atoms with Crippen molar-refractivity contribution in [2.75, 3.05) is 0 Å². The van der Waals surface area contributed by atoms with Crippen molar-refractivity contribution in [3.8, 4) is 0 Å². The minimum absolute atomic E-state index is 0.166. The summed E-state index contributed by atoms with van der Waals surface area (Å²) in [6, 6.07) is 2.00. The van der Waals surface area contributed by atoms with Gasteiger partial charge in [0.15, 0.2) is 0 Å². The van der Waals surface area contributed by atoms with Crippen LogP contribution < -0.4 is 0 Å². The van der Waals surface area contributed by atoms with Crippen LogP contribution in [0, 0.1) is 0 Å². The molecule has 0 spiro atoms. The maximum absolute atomic E-state index is 5.72. The van der Waals surface area contributed by atoms with Gasteiger partial charge in [-0.25, -0.2) is 9.97 Å². The molecule has 0 bridgehead atoms. The third-order valence-electron chi connectivity index (χ3n) is 2.73. The summed E-state index contributed by atoms with van der Waals surface area (Å²) in [5, 5.41) is 1.06. The highest BCUT2D eigenvalue weighted by Gasteiger charge is 2.13. The first-order chi connectivity index (χ1) is 8.53. The van der Waals surface area contributed by atoms with Crippen molar-refractivity contribution in [3.05, 3.63) is 24.3 Å². The number of nitrogens with zero attached hydrogens (tertiary/aromatic N) is 2. The Balaban J connectivity index is 2.00. The Labute approximate surface area is 105 Å². The Hall–Kier alpha value is -1.88. The van der Waals surface area contributed by atoms with Crippen LogP contribution in [0.25, 0.3) is 22.1 Å². The number of pyridine rings is 1. The number of imidazole rings is 1. The standard InChI is InChI=1S/C13H16N4O/c1-13(2,3)18-7-10-16-9-6-15-12-8(4-5-14-12)11(9)17-10/h4-6H,7H2,1-3H3,(H,14,15)(H,16,17). The zero-order valence-corrected chi connectivity index (χ0v) is 10.7. The molecule has 0 saturated heterocycles. The lowest BCUT2D eigenvalue weighted by Crippen LogP contribution is -2.19. The number of ether oxygens (including phenoxy) is 1. The molecule has 3 aromatic rings. The second kappa shape index (κ2) is 3.81. The molecule has 3 aromatic heterocycles. The number of aromatic nitrogens is 4. The number of nitrogens with one attached hydrogen (secondary N) is 2. The fourth-order valence-corrected chi connectivity index (χ4v) is 1.88. The predicted molar refractivity (Wildman–Crippen MR) is 70.3 cm³/mol. The van der Waals surface area contributed by atoms with E-state index in [2.05, 4.69) is 19.9 Å². The lowest BCUT2D eigenvalue weighted by Gasteiger charge is -2.18. The van der Waals surface area contributed by atoms with Gasteiger partial charge in [0.1, 0.15) is 23.6 Å². The van der Waals surface area contributed by atoms with E-state index in [1.165, 1.54) is 0 Å². The minimum Gasteiger partial charge on any atom is -0.368 e. The van der Waals surface area contributed by atoms with Crippen molar-refractivity contribution in [1.29, 1.82) is 0 Å². The molecule has 0 amide bonds. The minimum atomic E-state index is -0.166. The average molecular weight is 244 g/mol. The first-order valence-electron chi connectivity index (χ1n) is 5.97. The Morgan fingerprint density at radius 2 is 2.17 bits per heavy atom. The summed E-state index contributed by atoms with van der Waals surface area (Å²) in [5.74, 6) is 0.829. The van der Waals surface area contributed by atoms with Crippen molar-refractivity contribution in [2.24, 2.45) is 0 Å². The number of hydrogen-bond donors (Lipinski definition) is 2. The molecular formula is C13H16N4O. The molecule has 0 aliphatic heterocycles. The van der Waals surface area contributed by atoms with E-state index in [1.807, 2.05) is 33.0 Å². The number of rotatable bonds is 2. The quantitative estimate of drug-likeness (QED) is 0.728. The lowest BCUT2D eigenvalue weighted by molar-refractivity contribution is -0.0177. The first-order valence-corrected chi connectivity index (χ1v) is 5.97. The topological polar surface area (TPSA) is 66.6 Å². The van der Waals surface area contributed by atoms with Gasteiger partial charge in [0, 0.05) is 11.6 Å². The van der Waals surface area contributed by atoms with Gasteiger partial charge in [-0.2, -0.15) is 0 Å². The molecule has 0 fully saturated rings.